The number of hydrogen-bond acceptors (Lipinski definition) is 3. The van der Waals surface area contributed by atoms with Crippen LogP contribution in [-0.2, 0) is 0 Å². The van der Waals surface area contributed by atoms with Gasteiger partial charge in [0.15, 0.2) is 0 Å². The van der Waals surface area contributed by atoms with E-state index >= 15 is 0 Å². The van der Waals surface area contributed by atoms with Crippen molar-refractivity contribution in [3.63, 3.8) is 0 Å². The number of hydrogen-bond donors (Lipinski definition) is 3. The first-order valence-corrected chi connectivity index (χ1v) is 5.78. The zero-order valence-electron chi connectivity index (χ0n) is 10.1. The van der Waals surface area contributed by atoms with Crippen molar-refractivity contribution >= 4 is 17.9 Å². The summed E-state index contributed by atoms with van der Waals surface area (Å²) in [6, 6.07) is 5.78. The molecule has 0 saturated carbocycles. The van der Waals surface area contributed by atoms with Gasteiger partial charge in [-0.25, -0.2) is 9.59 Å². The number of fused-ring (bicyclic) bond motifs is 1. The minimum atomic E-state index is -0.462. The van der Waals surface area contributed by atoms with Crippen molar-refractivity contribution < 1.29 is 14.3 Å². The predicted molar refractivity (Wildman–Crippen MR) is 67.2 cm³/mol. The Morgan fingerprint density at radius 3 is 2.53 bits per heavy atom. The van der Waals surface area contributed by atoms with Crippen molar-refractivity contribution in [1.29, 1.82) is 0 Å². The third-order valence-electron chi connectivity index (χ3n) is 3.13. The van der Waals surface area contributed by atoms with Crippen LogP contribution in [0.4, 0.5) is 9.59 Å². The molecule has 1 aromatic rings. The van der Waals surface area contributed by atoms with Gasteiger partial charge in [0, 0.05) is 0 Å². The smallest absolute Gasteiger partial charge is 0.343 e. The minimum absolute atomic E-state index is 0.343. The van der Waals surface area contributed by atoms with Crippen molar-refractivity contribution in [2.24, 2.45) is 4.99 Å². The molecule has 2 aliphatic rings. The number of amides is 4. The molecular formula is C12H12N4O3. The van der Waals surface area contributed by atoms with Gasteiger partial charge >= 0.3 is 12.1 Å². The second-order valence-corrected chi connectivity index (χ2v) is 4.27. The number of amidine groups is 1. The molecule has 1 saturated heterocycles. The van der Waals surface area contributed by atoms with Crippen molar-refractivity contribution in [3.8, 4) is 5.75 Å². The fourth-order valence-electron chi connectivity index (χ4n) is 2.22. The van der Waals surface area contributed by atoms with E-state index in [0.717, 1.165) is 11.3 Å². The number of aliphatic imine (C=N–C) groups is 1. The molecule has 0 aliphatic carbocycles. The highest BCUT2D eigenvalue weighted by Gasteiger charge is 2.39. The van der Waals surface area contributed by atoms with Gasteiger partial charge in [-0.2, -0.15) is 4.99 Å². The van der Waals surface area contributed by atoms with Gasteiger partial charge < -0.3 is 15.4 Å². The molecule has 3 N–H and O–H groups in total. The third-order valence-corrected chi connectivity index (χ3v) is 3.13. The summed E-state index contributed by atoms with van der Waals surface area (Å²) >= 11 is 0. The summed E-state index contributed by atoms with van der Waals surface area (Å²) in [7, 11) is 1.59. The molecule has 2 atom stereocenters. The number of nitrogens with zero attached hydrogens (tertiary/aromatic N) is 1. The average molecular weight is 260 g/mol. The Hall–Kier alpha value is -2.57. The van der Waals surface area contributed by atoms with Crippen LogP contribution in [-0.4, -0.2) is 31.0 Å². The van der Waals surface area contributed by atoms with Gasteiger partial charge in [0.1, 0.15) is 17.6 Å². The van der Waals surface area contributed by atoms with E-state index in [4.69, 9.17) is 4.74 Å². The van der Waals surface area contributed by atoms with Crippen LogP contribution in [0.3, 0.4) is 0 Å². The Morgan fingerprint density at radius 1 is 1.11 bits per heavy atom. The first-order chi connectivity index (χ1) is 9.17. The molecule has 1 aromatic carbocycles. The largest absolute Gasteiger partial charge is 0.497 e. The maximum Gasteiger partial charge on any atom is 0.343 e. The van der Waals surface area contributed by atoms with Crippen LogP contribution in [0.25, 0.3) is 0 Å². The van der Waals surface area contributed by atoms with E-state index in [1.54, 1.807) is 19.2 Å². The zero-order valence-corrected chi connectivity index (χ0v) is 10.1. The predicted octanol–water partition coefficient (Wildman–Crippen LogP) is 0.539. The number of methoxy groups -OCH3 is 1. The summed E-state index contributed by atoms with van der Waals surface area (Å²) in [6.07, 6.45) is 0. The number of carbonyl (C=O) groups is 2. The molecule has 2 heterocycles. The molecular weight excluding hydrogens is 248 g/mol. The molecule has 0 bridgehead atoms. The second-order valence-electron chi connectivity index (χ2n) is 4.27. The molecule has 7 nitrogen and oxygen atoms in total. The molecule has 3 rings (SSSR count). The van der Waals surface area contributed by atoms with Crippen LogP contribution >= 0.6 is 0 Å². The second kappa shape index (κ2) is 4.27. The number of benzene rings is 1. The highest BCUT2D eigenvalue weighted by atomic mass is 16.5. The fraction of sp³-hybridized carbons (Fsp3) is 0.250. The number of rotatable bonds is 2. The molecule has 1 fully saturated rings. The van der Waals surface area contributed by atoms with Gasteiger partial charge in [0.2, 0.25) is 0 Å². The summed E-state index contributed by atoms with van der Waals surface area (Å²) in [5, 5.41) is 7.99. The Bertz CT molecular complexity index is 567. The standard InChI is InChI=1S/C12H12N4O3/c1-19-7-4-2-6(3-5-7)8-9-10(15-11(17)13-8)16-12(18)14-9/h2-5,8-9H,1H3,(H3,13,14,15,16,17,18)/t8-,9+/m0/s1. The van der Waals surface area contributed by atoms with Crippen LogP contribution in [0.5, 0.6) is 5.75 Å². The van der Waals surface area contributed by atoms with Crippen LogP contribution in [0.1, 0.15) is 11.6 Å². The summed E-state index contributed by atoms with van der Waals surface area (Å²) in [6.45, 7) is 0. The van der Waals surface area contributed by atoms with E-state index in [9.17, 15) is 9.59 Å². The molecule has 19 heavy (non-hydrogen) atoms. The van der Waals surface area contributed by atoms with E-state index in [1.807, 2.05) is 12.1 Å². The average Bonchev–Trinajstić information content (AvgIpc) is 2.78. The zero-order chi connectivity index (χ0) is 13.4. The van der Waals surface area contributed by atoms with Gasteiger partial charge in [-0.05, 0) is 17.7 Å². The Balaban J connectivity index is 1.93. The molecule has 0 unspecified atom stereocenters. The normalized spacial score (nSPS) is 24.8. The number of urea groups is 2. The Kier molecular flexibility index (Phi) is 2.59. The van der Waals surface area contributed by atoms with Crippen LogP contribution in [0.2, 0.25) is 0 Å². The quantitative estimate of drug-likeness (QED) is 0.724. The van der Waals surface area contributed by atoms with Crippen LogP contribution in [0, 0.1) is 0 Å². The van der Waals surface area contributed by atoms with E-state index in [0.29, 0.717) is 5.84 Å². The highest BCUT2D eigenvalue weighted by molar-refractivity contribution is 6.12. The van der Waals surface area contributed by atoms with Crippen LogP contribution < -0.4 is 20.7 Å². The van der Waals surface area contributed by atoms with Crippen molar-refractivity contribution in [2.45, 2.75) is 12.1 Å². The molecule has 7 heteroatoms. The van der Waals surface area contributed by atoms with Crippen molar-refractivity contribution in [3.05, 3.63) is 29.8 Å². The van der Waals surface area contributed by atoms with Gasteiger partial charge in [-0.3, -0.25) is 5.32 Å². The minimum Gasteiger partial charge on any atom is -0.497 e. The monoisotopic (exact) mass is 260 g/mol. The maximum absolute atomic E-state index is 11.5. The summed E-state index contributed by atoms with van der Waals surface area (Å²) in [4.78, 5) is 26.6. The lowest BCUT2D eigenvalue weighted by molar-refractivity contribution is 0.239. The lowest BCUT2D eigenvalue weighted by atomic mass is 9.98. The number of carbonyl (C=O) groups excluding carboxylic acids is 2. The Labute approximate surface area is 109 Å². The molecule has 0 spiro atoms. The maximum atomic E-state index is 11.5. The topological polar surface area (TPSA) is 91.8 Å². The van der Waals surface area contributed by atoms with E-state index in [2.05, 4.69) is 20.9 Å². The molecule has 98 valence electrons. The molecule has 4 amide bonds. The lowest BCUT2D eigenvalue weighted by Crippen LogP contribution is -2.48. The third kappa shape index (κ3) is 1.99. The first kappa shape index (κ1) is 11.5. The summed E-state index contributed by atoms with van der Waals surface area (Å²) < 4.78 is 5.09. The van der Waals surface area contributed by atoms with E-state index in [-0.39, 0.29) is 18.1 Å². The summed E-state index contributed by atoms with van der Waals surface area (Å²) in [5.41, 5.74) is 0.871. The first-order valence-electron chi connectivity index (χ1n) is 5.78. The van der Waals surface area contributed by atoms with E-state index in [1.165, 1.54) is 0 Å². The Morgan fingerprint density at radius 2 is 1.84 bits per heavy atom. The molecule has 0 aromatic heterocycles. The number of nitrogens with one attached hydrogen (secondary N) is 3. The van der Waals surface area contributed by atoms with Gasteiger partial charge in [0.05, 0.1) is 13.2 Å². The summed E-state index contributed by atoms with van der Waals surface area (Å²) in [5.74, 6) is 1.09. The fourth-order valence-corrected chi connectivity index (χ4v) is 2.22. The van der Waals surface area contributed by atoms with Gasteiger partial charge in [-0.1, -0.05) is 12.1 Å². The SMILES string of the molecule is COc1ccc([C@@H]2NC(=O)N=C3NC(=O)N[C@@H]32)cc1. The number of ether oxygens (including phenoxy) is 1. The van der Waals surface area contributed by atoms with Gasteiger partial charge in [-0.15, -0.1) is 0 Å². The van der Waals surface area contributed by atoms with Crippen molar-refractivity contribution in [2.75, 3.05) is 7.11 Å². The lowest BCUT2D eigenvalue weighted by Gasteiger charge is -2.27. The highest BCUT2D eigenvalue weighted by Crippen LogP contribution is 2.24. The molecule has 2 aliphatic heterocycles. The molecule has 0 radical (unpaired) electrons. The van der Waals surface area contributed by atoms with E-state index < -0.39 is 6.03 Å². The van der Waals surface area contributed by atoms with Gasteiger partial charge in [0.25, 0.3) is 0 Å². The van der Waals surface area contributed by atoms with Crippen LogP contribution in [0.15, 0.2) is 29.3 Å². The van der Waals surface area contributed by atoms with Crippen molar-refractivity contribution in [1.82, 2.24) is 16.0 Å².